The van der Waals surface area contributed by atoms with Crippen molar-refractivity contribution < 1.29 is 0 Å². The van der Waals surface area contributed by atoms with E-state index in [0.717, 1.165) is 41.0 Å². The molecule has 2 heterocycles. The molecule has 4 nitrogen and oxygen atoms in total. The number of aromatic nitrogens is 3. The van der Waals surface area contributed by atoms with E-state index in [0.29, 0.717) is 6.54 Å². The third kappa shape index (κ3) is 3.44. The fourth-order valence-electron chi connectivity index (χ4n) is 3.00. The Bertz CT molecular complexity index is 986. The van der Waals surface area contributed by atoms with Gasteiger partial charge in [0, 0.05) is 43.0 Å². The minimum Gasteiger partial charge on any atom is -0.330 e. The molecule has 0 aliphatic heterocycles. The quantitative estimate of drug-likeness (QED) is 0.610. The zero-order valence-corrected chi connectivity index (χ0v) is 14.0. The van der Waals surface area contributed by atoms with Crippen molar-refractivity contribution in [3.05, 3.63) is 95.7 Å². The van der Waals surface area contributed by atoms with Gasteiger partial charge in [0.15, 0.2) is 0 Å². The molecule has 124 valence electrons. The number of pyridine rings is 1. The second-order valence-corrected chi connectivity index (χ2v) is 6.16. The van der Waals surface area contributed by atoms with Gasteiger partial charge in [-0.15, -0.1) is 0 Å². The van der Waals surface area contributed by atoms with Crippen molar-refractivity contribution in [2.45, 2.75) is 19.5 Å². The first-order chi connectivity index (χ1) is 12.3. The highest BCUT2D eigenvalue weighted by Crippen LogP contribution is 2.15. The van der Waals surface area contributed by atoms with Gasteiger partial charge in [-0.2, -0.15) is 0 Å². The van der Waals surface area contributed by atoms with Crippen molar-refractivity contribution in [2.75, 3.05) is 0 Å². The predicted molar refractivity (Wildman–Crippen MR) is 100 cm³/mol. The first-order valence-corrected chi connectivity index (χ1v) is 8.44. The van der Waals surface area contributed by atoms with Crippen LogP contribution in [0, 0.1) is 0 Å². The number of imidazole rings is 1. The summed E-state index contributed by atoms with van der Waals surface area (Å²) < 4.78 is 2.17. The van der Waals surface area contributed by atoms with Gasteiger partial charge in [-0.1, -0.05) is 48.5 Å². The second kappa shape index (κ2) is 6.87. The minimum absolute atomic E-state index is 0.574. The van der Waals surface area contributed by atoms with Crippen LogP contribution in [0.3, 0.4) is 0 Å². The van der Waals surface area contributed by atoms with Crippen LogP contribution in [0.15, 0.2) is 73.1 Å². The Morgan fingerprint density at radius 2 is 1.68 bits per heavy atom. The van der Waals surface area contributed by atoms with Crippen molar-refractivity contribution in [3.63, 3.8) is 0 Å². The summed E-state index contributed by atoms with van der Waals surface area (Å²) in [5.41, 5.74) is 10.1. The van der Waals surface area contributed by atoms with Gasteiger partial charge in [-0.3, -0.25) is 4.98 Å². The Kier molecular flexibility index (Phi) is 4.27. The third-order valence-electron chi connectivity index (χ3n) is 4.41. The normalized spacial score (nSPS) is 11.1. The zero-order chi connectivity index (χ0) is 17.1. The molecule has 25 heavy (non-hydrogen) atoms. The molecular formula is C21H20N4. The number of nitrogens with zero attached hydrogens (tertiary/aromatic N) is 3. The fraction of sp³-hybridized carbons (Fsp3) is 0.143. The van der Waals surface area contributed by atoms with Crippen LogP contribution in [-0.4, -0.2) is 14.5 Å². The third-order valence-corrected chi connectivity index (χ3v) is 4.41. The van der Waals surface area contributed by atoms with Gasteiger partial charge in [-0.05, 0) is 23.3 Å². The van der Waals surface area contributed by atoms with E-state index in [-0.39, 0.29) is 0 Å². The van der Waals surface area contributed by atoms with Crippen LogP contribution in [0.4, 0.5) is 0 Å². The summed E-state index contributed by atoms with van der Waals surface area (Å²) in [6, 6.07) is 20.8. The molecule has 0 spiro atoms. The van der Waals surface area contributed by atoms with E-state index in [4.69, 9.17) is 10.7 Å². The lowest BCUT2D eigenvalue weighted by Gasteiger charge is -2.09. The van der Waals surface area contributed by atoms with E-state index in [1.54, 1.807) is 0 Å². The van der Waals surface area contributed by atoms with Gasteiger partial charge in [0.25, 0.3) is 0 Å². The average molecular weight is 328 g/mol. The van der Waals surface area contributed by atoms with E-state index in [9.17, 15) is 0 Å². The summed E-state index contributed by atoms with van der Waals surface area (Å²) in [4.78, 5) is 9.28. The van der Waals surface area contributed by atoms with Crippen LogP contribution in [0.2, 0.25) is 0 Å². The highest BCUT2D eigenvalue weighted by molar-refractivity contribution is 5.78. The van der Waals surface area contributed by atoms with E-state index in [1.165, 1.54) is 5.56 Å². The van der Waals surface area contributed by atoms with Gasteiger partial charge in [-0.25, -0.2) is 4.98 Å². The Hall–Kier alpha value is -2.98. The number of rotatable bonds is 5. The molecule has 4 heteroatoms. The Labute approximate surface area is 147 Å². The molecule has 0 saturated heterocycles. The fourth-order valence-corrected chi connectivity index (χ4v) is 3.00. The van der Waals surface area contributed by atoms with Gasteiger partial charge in [0.2, 0.25) is 0 Å². The predicted octanol–water partition coefficient (Wildman–Crippen LogP) is 3.53. The molecule has 4 aromatic rings. The van der Waals surface area contributed by atoms with Crippen molar-refractivity contribution in [3.8, 4) is 0 Å². The van der Waals surface area contributed by atoms with Crippen LogP contribution in [0.1, 0.15) is 22.6 Å². The second-order valence-electron chi connectivity index (χ2n) is 6.16. The van der Waals surface area contributed by atoms with E-state index in [1.807, 2.05) is 30.6 Å². The number of hydrogen-bond acceptors (Lipinski definition) is 3. The average Bonchev–Trinajstić information content (AvgIpc) is 3.09. The van der Waals surface area contributed by atoms with Crippen LogP contribution in [-0.2, 0) is 19.5 Å². The number of nitrogens with two attached hydrogens (primary N) is 1. The topological polar surface area (TPSA) is 56.7 Å². The summed E-state index contributed by atoms with van der Waals surface area (Å²) in [6.07, 6.45) is 4.59. The number of fused-ring (bicyclic) bond motifs is 1. The monoisotopic (exact) mass is 328 g/mol. The molecule has 2 aromatic heterocycles. The van der Waals surface area contributed by atoms with E-state index < -0.39 is 0 Å². The molecule has 0 saturated carbocycles. The molecule has 0 bridgehead atoms. The molecule has 0 radical (unpaired) electrons. The smallest absolute Gasteiger partial charge is 0.114 e. The van der Waals surface area contributed by atoms with Crippen LogP contribution in [0.5, 0.6) is 0 Å². The van der Waals surface area contributed by atoms with Crippen molar-refractivity contribution in [1.82, 2.24) is 14.5 Å². The number of benzene rings is 2. The molecule has 0 aliphatic carbocycles. The highest BCUT2D eigenvalue weighted by Gasteiger charge is 2.07. The number of para-hydroxylation sites is 1. The molecule has 0 amide bonds. The molecule has 2 N–H and O–H groups in total. The summed E-state index contributed by atoms with van der Waals surface area (Å²) in [7, 11) is 0. The van der Waals surface area contributed by atoms with Gasteiger partial charge >= 0.3 is 0 Å². The first kappa shape index (κ1) is 15.5. The molecular weight excluding hydrogens is 308 g/mol. The lowest BCUT2D eigenvalue weighted by molar-refractivity contribution is 0.736. The van der Waals surface area contributed by atoms with Crippen LogP contribution < -0.4 is 5.73 Å². The van der Waals surface area contributed by atoms with Gasteiger partial charge < -0.3 is 10.3 Å². The minimum atomic E-state index is 0.574. The molecule has 0 unspecified atom stereocenters. The lowest BCUT2D eigenvalue weighted by atomic mass is 10.1. The van der Waals surface area contributed by atoms with Crippen molar-refractivity contribution in [2.24, 2.45) is 5.73 Å². The molecule has 0 aliphatic rings. The maximum atomic E-state index is 5.66. The largest absolute Gasteiger partial charge is 0.330 e. The van der Waals surface area contributed by atoms with E-state index in [2.05, 4.69) is 52.0 Å². The van der Waals surface area contributed by atoms with E-state index >= 15 is 0 Å². The molecule has 0 atom stereocenters. The SMILES string of the molecule is NCc1ccc(Cn2ccnc2Cc2ccc3ccccc3n2)cc1. The van der Waals surface area contributed by atoms with Crippen molar-refractivity contribution >= 4 is 10.9 Å². The Morgan fingerprint density at radius 3 is 2.52 bits per heavy atom. The molecule has 0 fully saturated rings. The maximum absolute atomic E-state index is 5.66. The van der Waals surface area contributed by atoms with Crippen LogP contribution >= 0.6 is 0 Å². The first-order valence-electron chi connectivity index (χ1n) is 8.44. The zero-order valence-electron chi connectivity index (χ0n) is 14.0. The Morgan fingerprint density at radius 1 is 0.880 bits per heavy atom. The Balaban J connectivity index is 1.55. The van der Waals surface area contributed by atoms with Gasteiger partial charge in [0.05, 0.1) is 5.52 Å². The van der Waals surface area contributed by atoms with Crippen molar-refractivity contribution in [1.29, 1.82) is 0 Å². The number of hydrogen-bond donors (Lipinski definition) is 1. The maximum Gasteiger partial charge on any atom is 0.114 e. The van der Waals surface area contributed by atoms with Crippen LogP contribution in [0.25, 0.3) is 10.9 Å². The summed E-state index contributed by atoms with van der Waals surface area (Å²) in [5, 5.41) is 1.16. The lowest BCUT2D eigenvalue weighted by Crippen LogP contribution is -2.06. The summed E-state index contributed by atoms with van der Waals surface area (Å²) in [5.74, 6) is 1.02. The molecule has 2 aromatic carbocycles. The highest BCUT2D eigenvalue weighted by atomic mass is 15.1. The standard InChI is InChI=1S/C21H20N4/c22-14-16-5-7-17(8-6-16)15-25-12-11-23-21(25)13-19-10-9-18-3-1-2-4-20(18)24-19/h1-12H,13-15,22H2. The summed E-state index contributed by atoms with van der Waals surface area (Å²) >= 11 is 0. The molecule has 4 rings (SSSR count). The van der Waals surface area contributed by atoms with Gasteiger partial charge in [0.1, 0.15) is 5.82 Å². The summed E-state index contributed by atoms with van der Waals surface area (Å²) in [6.45, 7) is 1.37.